The Hall–Kier alpha value is -1.55. The molecule has 9 nitrogen and oxygen atoms in total. The molecule has 0 spiro atoms. The first-order chi connectivity index (χ1) is 8.54. The number of rotatable bonds is 3. The number of nitrogen functional groups attached to an aromatic ring is 1. The van der Waals surface area contributed by atoms with E-state index in [0.29, 0.717) is 0 Å². The zero-order valence-electron chi connectivity index (χ0n) is 9.63. The van der Waals surface area contributed by atoms with Crippen LogP contribution in [0.15, 0.2) is 11.0 Å². The summed E-state index contributed by atoms with van der Waals surface area (Å²) in [5.41, 5.74) is 4.54. The lowest BCUT2D eigenvalue weighted by Gasteiger charge is -2.15. The fourth-order valence-corrected chi connectivity index (χ4v) is 1.77. The van der Waals surface area contributed by atoms with Crippen LogP contribution >= 0.6 is 0 Å². The number of anilines is 1. The standard InChI is InChI=1S/C9H14N4O5/c1-17-3-4-6(14)7(15)8(18-4)13-9(16)12-5(10)2-11-13/h2,4,6-8,14-15H,3H2,1H3,(H2,10,12,16)/t4-,6-,7-,8-/m1/s1. The minimum atomic E-state index is -1.29. The molecule has 1 aliphatic heterocycles. The minimum absolute atomic E-state index is 0.0299. The van der Waals surface area contributed by atoms with E-state index in [9.17, 15) is 15.0 Å². The second kappa shape index (κ2) is 4.98. The lowest BCUT2D eigenvalue weighted by Crippen LogP contribution is -2.37. The average molecular weight is 258 g/mol. The van der Waals surface area contributed by atoms with Gasteiger partial charge < -0.3 is 25.4 Å². The topological polar surface area (TPSA) is 133 Å². The zero-order valence-corrected chi connectivity index (χ0v) is 9.63. The molecule has 100 valence electrons. The quantitative estimate of drug-likeness (QED) is 0.541. The van der Waals surface area contributed by atoms with Crippen molar-refractivity contribution in [2.75, 3.05) is 19.5 Å². The molecule has 18 heavy (non-hydrogen) atoms. The van der Waals surface area contributed by atoms with Crippen molar-refractivity contribution < 1.29 is 19.7 Å². The molecular weight excluding hydrogens is 244 g/mol. The minimum Gasteiger partial charge on any atom is -0.387 e. The van der Waals surface area contributed by atoms with E-state index in [1.165, 1.54) is 7.11 Å². The van der Waals surface area contributed by atoms with Crippen molar-refractivity contribution in [3.05, 3.63) is 16.7 Å². The van der Waals surface area contributed by atoms with E-state index in [2.05, 4.69) is 10.1 Å². The Morgan fingerprint density at radius 2 is 2.28 bits per heavy atom. The summed E-state index contributed by atoms with van der Waals surface area (Å²) in [7, 11) is 1.44. The number of hydrogen-bond acceptors (Lipinski definition) is 8. The van der Waals surface area contributed by atoms with Crippen molar-refractivity contribution in [2.45, 2.75) is 24.5 Å². The van der Waals surface area contributed by atoms with Gasteiger partial charge in [0.05, 0.1) is 12.8 Å². The van der Waals surface area contributed by atoms with Gasteiger partial charge in [-0.15, -0.1) is 0 Å². The molecule has 0 aliphatic carbocycles. The van der Waals surface area contributed by atoms with Gasteiger partial charge in [-0.3, -0.25) is 0 Å². The van der Waals surface area contributed by atoms with Crippen LogP contribution in [0.25, 0.3) is 0 Å². The third-order valence-corrected chi connectivity index (χ3v) is 2.64. The number of ether oxygens (including phenoxy) is 2. The number of aromatic nitrogens is 3. The smallest absolute Gasteiger partial charge is 0.368 e. The van der Waals surface area contributed by atoms with E-state index in [4.69, 9.17) is 15.2 Å². The lowest BCUT2D eigenvalue weighted by atomic mass is 10.1. The van der Waals surface area contributed by atoms with Gasteiger partial charge in [0.15, 0.2) is 6.23 Å². The first-order valence-corrected chi connectivity index (χ1v) is 5.26. The summed E-state index contributed by atoms with van der Waals surface area (Å²) in [4.78, 5) is 15.0. The van der Waals surface area contributed by atoms with Gasteiger partial charge in [-0.25, -0.2) is 4.79 Å². The number of hydrogen-bond donors (Lipinski definition) is 3. The molecule has 1 aromatic rings. The van der Waals surface area contributed by atoms with Gasteiger partial charge in [0.25, 0.3) is 0 Å². The largest absolute Gasteiger partial charge is 0.387 e. The highest BCUT2D eigenvalue weighted by molar-refractivity contribution is 5.19. The highest BCUT2D eigenvalue weighted by Gasteiger charge is 2.44. The Morgan fingerprint density at radius 3 is 2.89 bits per heavy atom. The van der Waals surface area contributed by atoms with Gasteiger partial charge in [-0.05, 0) is 0 Å². The Labute approximate surface area is 102 Å². The van der Waals surface area contributed by atoms with E-state index in [-0.39, 0.29) is 12.4 Å². The lowest BCUT2D eigenvalue weighted by molar-refractivity contribution is -0.0673. The van der Waals surface area contributed by atoms with Gasteiger partial charge in [-0.1, -0.05) is 0 Å². The van der Waals surface area contributed by atoms with E-state index in [1.807, 2.05) is 0 Å². The van der Waals surface area contributed by atoms with E-state index in [0.717, 1.165) is 10.9 Å². The molecule has 1 fully saturated rings. The number of aliphatic hydroxyl groups is 2. The van der Waals surface area contributed by atoms with Crippen LogP contribution in [-0.4, -0.2) is 57.0 Å². The normalized spacial score (nSPS) is 31.7. The molecule has 1 aromatic heterocycles. The van der Waals surface area contributed by atoms with Crippen LogP contribution in [0.3, 0.4) is 0 Å². The summed E-state index contributed by atoms with van der Waals surface area (Å²) < 4.78 is 11.0. The zero-order chi connectivity index (χ0) is 13.3. The highest BCUT2D eigenvalue weighted by atomic mass is 16.6. The van der Waals surface area contributed by atoms with Crippen LogP contribution in [0.4, 0.5) is 5.82 Å². The Morgan fingerprint density at radius 1 is 1.56 bits per heavy atom. The molecule has 4 atom stereocenters. The van der Waals surface area contributed by atoms with Crippen LogP contribution in [-0.2, 0) is 9.47 Å². The molecule has 0 amide bonds. The molecular formula is C9H14N4O5. The van der Waals surface area contributed by atoms with Crippen molar-refractivity contribution in [2.24, 2.45) is 0 Å². The van der Waals surface area contributed by atoms with E-state index < -0.39 is 30.2 Å². The maximum Gasteiger partial charge on any atom is 0.368 e. The molecule has 0 radical (unpaired) electrons. The predicted octanol–water partition coefficient (Wildman–Crippen LogP) is -2.51. The Bertz CT molecular complexity index is 478. The van der Waals surface area contributed by atoms with Crippen LogP contribution in [0.2, 0.25) is 0 Å². The number of nitrogens with zero attached hydrogens (tertiary/aromatic N) is 3. The van der Waals surface area contributed by atoms with Crippen LogP contribution in [0.5, 0.6) is 0 Å². The molecule has 2 heterocycles. The third-order valence-electron chi connectivity index (χ3n) is 2.64. The molecule has 4 N–H and O–H groups in total. The SMILES string of the molecule is COC[C@H]1O[C@@H](n2ncc(N)nc2=O)[C@H](O)[C@@H]1O. The van der Waals surface area contributed by atoms with Gasteiger partial charge in [0, 0.05) is 7.11 Å². The monoisotopic (exact) mass is 258 g/mol. The van der Waals surface area contributed by atoms with Crippen molar-refractivity contribution in [1.29, 1.82) is 0 Å². The summed E-state index contributed by atoms with van der Waals surface area (Å²) in [6.45, 7) is 0.0892. The second-order valence-corrected chi connectivity index (χ2v) is 3.91. The highest BCUT2D eigenvalue weighted by Crippen LogP contribution is 2.27. The van der Waals surface area contributed by atoms with Gasteiger partial charge in [-0.2, -0.15) is 14.8 Å². The third kappa shape index (κ3) is 2.20. The van der Waals surface area contributed by atoms with Crippen LogP contribution in [0, 0.1) is 0 Å². The molecule has 1 aliphatic rings. The molecule has 9 heteroatoms. The van der Waals surface area contributed by atoms with Crippen molar-refractivity contribution in [3.63, 3.8) is 0 Å². The fourth-order valence-electron chi connectivity index (χ4n) is 1.77. The fraction of sp³-hybridized carbons (Fsp3) is 0.667. The number of nitrogens with two attached hydrogens (primary N) is 1. The molecule has 0 unspecified atom stereocenters. The second-order valence-electron chi connectivity index (χ2n) is 3.91. The van der Waals surface area contributed by atoms with Gasteiger partial charge in [0.1, 0.15) is 24.1 Å². The summed E-state index contributed by atoms with van der Waals surface area (Å²) in [6, 6.07) is 0. The summed E-state index contributed by atoms with van der Waals surface area (Å²) in [6.07, 6.45) is -3.14. The summed E-state index contributed by atoms with van der Waals surface area (Å²) in [5, 5.41) is 23.3. The molecule has 2 rings (SSSR count). The predicted molar refractivity (Wildman–Crippen MR) is 58.5 cm³/mol. The van der Waals surface area contributed by atoms with Gasteiger partial charge >= 0.3 is 5.69 Å². The van der Waals surface area contributed by atoms with Crippen molar-refractivity contribution in [1.82, 2.24) is 14.8 Å². The Balaban J connectivity index is 2.26. The van der Waals surface area contributed by atoms with Crippen molar-refractivity contribution in [3.8, 4) is 0 Å². The van der Waals surface area contributed by atoms with E-state index in [1.54, 1.807) is 0 Å². The molecule has 1 saturated heterocycles. The first kappa shape index (κ1) is 12.9. The summed E-state index contributed by atoms with van der Waals surface area (Å²) in [5.74, 6) is -0.0299. The van der Waals surface area contributed by atoms with Crippen molar-refractivity contribution >= 4 is 5.82 Å². The maximum atomic E-state index is 11.5. The van der Waals surface area contributed by atoms with E-state index >= 15 is 0 Å². The van der Waals surface area contributed by atoms with Crippen LogP contribution < -0.4 is 11.4 Å². The molecule has 0 bridgehead atoms. The Kier molecular flexibility index (Phi) is 3.57. The summed E-state index contributed by atoms with van der Waals surface area (Å²) >= 11 is 0. The van der Waals surface area contributed by atoms with Crippen LogP contribution in [0.1, 0.15) is 6.23 Å². The maximum absolute atomic E-state index is 11.5. The average Bonchev–Trinajstić information content (AvgIpc) is 2.58. The van der Waals surface area contributed by atoms with Gasteiger partial charge in [0.2, 0.25) is 0 Å². The number of aliphatic hydroxyl groups excluding tert-OH is 2. The number of methoxy groups -OCH3 is 1. The first-order valence-electron chi connectivity index (χ1n) is 5.26. The molecule has 0 aromatic carbocycles. The molecule has 0 saturated carbocycles.